The van der Waals surface area contributed by atoms with Crippen LogP contribution in [0, 0.1) is 0 Å². The van der Waals surface area contributed by atoms with Crippen molar-refractivity contribution in [3.63, 3.8) is 0 Å². The number of ketones is 1. The molecular formula is C19H37N3O7. The third-order valence-corrected chi connectivity index (χ3v) is 3.65. The van der Waals surface area contributed by atoms with E-state index in [2.05, 4.69) is 0 Å². The summed E-state index contributed by atoms with van der Waals surface area (Å²) in [6, 6.07) is -1.41. The Labute approximate surface area is 172 Å². The lowest BCUT2D eigenvalue weighted by molar-refractivity contribution is -0.138. The van der Waals surface area contributed by atoms with E-state index < -0.39 is 47.4 Å². The van der Waals surface area contributed by atoms with E-state index >= 15 is 0 Å². The minimum atomic E-state index is -1.88. The highest BCUT2D eigenvalue weighted by Crippen LogP contribution is 2.21. The van der Waals surface area contributed by atoms with Crippen LogP contribution in [0.4, 0.5) is 9.59 Å². The number of imide groups is 1. The molecule has 29 heavy (non-hydrogen) atoms. The number of unbranched alkanes of at least 4 members (excludes halogenated alkanes) is 1. The average molecular weight is 420 g/mol. The topological polar surface area (TPSA) is 165 Å². The normalized spacial score (nSPS) is 15.2. The molecule has 0 aliphatic heterocycles. The Morgan fingerprint density at radius 1 is 0.897 bits per heavy atom. The minimum Gasteiger partial charge on any atom is -0.443 e. The Morgan fingerprint density at radius 2 is 1.34 bits per heavy atom. The number of aliphatic hydroxyl groups excluding tert-OH is 2. The zero-order valence-electron chi connectivity index (χ0n) is 18.3. The van der Waals surface area contributed by atoms with Gasteiger partial charge in [-0.1, -0.05) is 0 Å². The fourth-order valence-electron chi connectivity index (χ4n) is 2.35. The van der Waals surface area contributed by atoms with Crippen LogP contribution in [0.5, 0.6) is 0 Å². The second-order valence-electron chi connectivity index (χ2n) is 8.78. The quantitative estimate of drug-likeness (QED) is 0.397. The number of nitrogens with two attached hydrogens (primary N) is 2. The molecule has 0 aliphatic carbocycles. The summed E-state index contributed by atoms with van der Waals surface area (Å²) in [7, 11) is 0. The molecule has 0 saturated carbocycles. The summed E-state index contributed by atoms with van der Waals surface area (Å²) >= 11 is 0. The van der Waals surface area contributed by atoms with Crippen LogP contribution < -0.4 is 11.5 Å². The van der Waals surface area contributed by atoms with Gasteiger partial charge < -0.3 is 31.2 Å². The maximum Gasteiger partial charge on any atom is 0.420 e. The number of hydrogen-bond acceptors (Lipinski definition) is 9. The van der Waals surface area contributed by atoms with E-state index in [9.17, 15) is 24.6 Å². The van der Waals surface area contributed by atoms with Gasteiger partial charge in [0, 0.05) is 6.54 Å². The number of rotatable bonds is 9. The highest BCUT2D eigenvalue weighted by atomic mass is 16.6. The van der Waals surface area contributed by atoms with Crippen LogP contribution in [0.2, 0.25) is 0 Å². The average Bonchev–Trinajstić information content (AvgIpc) is 2.55. The molecule has 0 aromatic rings. The number of Topliss-reactive ketones (excluding diaryl/α,β-unsaturated/α-hetero) is 1. The lowest BCUT2D eigenvalue weighted by atomic mass is 9.97. The van der Waals surface area contributed by atoms with Crippen molar-refractivity contribution in [3.05, 3.63) is 0 Å². The second-order valence-corrected chi connectivity index (χ2v) is 8.78. The summed E-state index contributed by atoms with van der Waals surface area (Å²) in [5.74, 6) is -0.934. The standard InChI is InChI=1S/C19H37N3O7/c1-18(2,3)28-16(26)22(17(27)29-19(4,5)6)12(9-7-8-10-20)14(24)15(25)13(23)11-21/h12-13,15,23,25H,7-11,20-21H2,1-6H3/t12-,13?,15?/m0/s1. The number of hydrogen-bond donors (Lipinski definition) is 4. The number of amides is 2. The van der Waals surface area contributed by atoms with Gasteiger partial charge >= 0.3 is 12.2 Å². The van der Waals surface area contributed by atoms with Gasteiger partial charge in [-0.25, -0.2) is 14.5 Å². The van der Waals surface area contributed by atoms with Crippen molar-refractivity contribution in [1.29, 1.82) is 0 Å². The molecule has 0 saturated heterocycles. The predicted molar refractivity (Wildman–Crippen MR) is 107 cm³/mol. The second kappa shape index (κ2) is 11.4. The first-order valence-corrected chi connectivity index (χ1v) is 9.69. The molecular weight excluding hydrogens is 382 g/mol. The fraction of sp³-hybridized carbons (Fsp3) is 0.842. The summed E-state index contributed by atoms with van der Waals surface area (Å²) in [6.45, 7) is 9.61. The van der Waals surface area contributed by atoms with Crippen LogP contribution in [0.3, 0.4) is 0 Å². The van der Waals surface area contributed by atoms with Crippen molar-refractivity contribution in [2.75, 3.05) is 13.1 Å². The zero-order valence-corrected chi connectivity index (χ0v) is 18.3. The Balaban J connectivity index is 6.04. The van der Waals surface area contributed by atoms with Crippen LogP contribution in [0.15, 0.2) is 0 Å². The molecule has 0 radical (unpaired) electrons. The van der Waals surface area contributed by atoms with E-state index in [4.69, 9.17) is 20.9 Å². The molecule has 170 valence electrons. The molecule has 6 N–H and O–H groups in total. The molecule has 0 spiro atoms. The first-order valence-electron chi connectivity index (χ1n) is 9.69. The van der Waals surface area contributed by atoms with Crippen LogP contribution in [0.25, 0.3) is 0 Å². The Bertz CT molecular complexity index is 527. The largest absolute Gasteiger partial charge is 0.443 e. The first kappa shape index (κ1) is 27.2. The van der Waals surface area contributed by atoms with Crippen LogP contribution in [0.1, 0.15) is 60.8 Å². The monoisotopic (exact) mass is 419 g/mol. The number of carbonyl (C=O) groups is 3. The van der Waals surface area contributed by atoms with Crippen LogP contribution >= 0.6 is 0 Å². The van der Waals surface area contributed by atoms with E-state index in [-0.39, 0.29) is 13.0 Å². The number of ether oxygens (including phenoxy) is 2. The first-order chi connectivity index (χ1) is 13.1. The Hall–Kier alpha value is -1.75. The summed E-state index contributed by atoms with van der Waals surface area (Å²) < 4.78 is 10.6. The molecule has 10 heteroatoms. The van der Waals surface area contributed by atoms with Gasteiger partial charge in [-0.3, -0.25) is 4.79 Å². The van der Waals surface area contributed by atoms with Gasteiger partial charge in [0.15, 0.2) is 5.78 Å². The number of nitrogens with zero attached hydrogens (tertiary/aromatic N) is 1. The smallest absolute Gasteiger partial charge is 0.420 e. The number of aliphatic hydroxyl groups is 2. The lowest BCUT2D eigenvalue weighted by Gasteiger charge is -2.34. The van der Waals surface area contributed by atoms with Crippen molar-refractivity contribution >= 4 is 18.0 Å². The molecule has 2 unspecified atom stereocenters. The molecule has 0 bridgehead atoms. The molecule has 0 aromatic carbocycles. The van der Waals surface area contributed by atoms with E-state index in [0.717, 1.165) is 0 Å². The summed E-state index contributed by atoms with van der Waals surface area (Å²) in [5, 5.41) is 19.9. The summed E-state index contributed by atoms with van der Waals surface area (Å²) in [6.07, 6.45) is -4.67. The van der Waals surface area contributed by atoms with Crippen molar-refractivity contribution in [3.8, 4) is 0 Å². The Kier molecular flexibility index (Phi) is 10.7. The van der Waals surface area contributed by atoms with Crippen LogP contribution in [-0.4, -0.2) is 75.6 Å². The number of carbonyl (C=O) groups excluding carboxylic acids is 3. The highest BCUT2D eigenvalue weighted by Gasteiger charge is 2.42. The lowest BCUT2D eigenvalue weighted by Crippen LogP contribution is -2.56. The van der Waals surface area contributed by atoms with Crippen molar-refractivity contribution in [2.45, 2.75) is 90.3 Å². The molecule has 10 nitrogen and oxygen atoms in total. The molecule has 3 atom stereocenters. The molecule has 0 aromatic heterocycles. The fourth-order valence-corrected chi connectivity index (χ4v) is 2.35. The van der Waals surface area contributed by atoms with Gasteiger partial charge in [0.25, 0.3) is 0 Å². The molecule has 0 rings (SSSR count). The highest BCUT2D eigenvalue weighted by molar-refractivity contribution is 5.98. The zero-order chi connectivity index (χ0) is 23.0. The maximum absolute atomic E-state index is 12.9. The van der Waals surface area contributed by atoms with Gasteiger partial charge in [0.2, 0.25) is 0 Å². The van der Waals surface area contributed by atoms with Gasteiger partial charge in [-0.15, -0.1) is 0 Å². The third kappa shape index (κ3) is 10.0. The Morgan fingerprint density at radius 3 is 1.69 bits per heavy atom. The van der Waals surface area contributed by atoms with Crippen molar-refractivity contribution < 1.29 is 34.1 Å². The van der Waals surface area contributed by atoms with Crippen molar-refractivity contribution in [2.24, 2.45) is 11.5 Å². The van der Waals surface area contributed by atoms with E-state index in [0.29, 0.717) is 24.3 Å². The van der Waals surface area contributed by atoms with E-state index in [1.54, 1.807) is 41.5 Å². The van der Waals surface area contributed by atoms with Gasteiger partial charge in [0.1, 0.15) is 23.3 Å². The maximum atomic E-state index is 12.9. The molecule has 0 heterocycles. The van der Waals surface area contributed by atoms with E-state index in [1.807, 2.05) is 0 Å². The van der Waals surface area contributed by atoms with Crippen molar-refractivity contribution in [1.82, 2.24) is 4.90 Å². The molecule has 0 aliphatic rings. The predicted octanol–water partition coefficient (Wildman–Crippen LogP) is 0.906. The van der Waals surface area contributed by atoms with Gasteiger partial charge in [-0.2, -0.15) is 0 Å². The SMILES string of the molecule is CC(C)(C)OC(=O)N(C(=O)OC(C)(C)C)[C@@H](CCCCN)C(=O)C(O)C(O)CN. The van der Waals surface area contributed by atoms with Gasteiger partial charge in [-0.05, 0) is 67.3 Å². The van der Waals surface area contributed by atoms with Crippen LogP contribution in [-0.2, 0) is 14.3 Å². The van der Waals surface area contributed by atoms with E-state index in [1.165, 1.54) is 0 Å². The molecule has 0 fully saturated rings. The summed E-state index contributed by atoms with van der Waals surface area (Å²) in [5.41, 5.74) is 8.92. The van der Waals surface area contributed by atoms with Gasteiger partial charge in [0.05, 0.1) is 6.10 Å². The summed E-state index contributed by atoms with van der Waals surface area (Å²) in [4.78, 5) is 39.0. The minimum absolute atomic E-state index is 0.0167. The molecule has 2 amide bonds. The third-order valence-electron chi connectivity index (χ3n) is 3.65.